The van der Waals surface area contributed by atoms with Crippen LogP contribution in [0.4, 0.5) is 10.1 Å². The Kier molecular flexibility index (Phi) is 4.93. The summed E-state index contributed by atoms with van der Waals surface area (Å²) in [7, 11) is 0. The minimum absolute atomic E-state index is 0.269. The lowest BCUT2D eigenvalue weighted by atomic mass is 9.89. The fraction of sp³-hybridized carbons (Fsp3) is 0.200. The lowest BCUT2D eigenvalue weighted by molar-refractivity contribution is 0.102. The topological polar surface area (TPSA) is 83.3 Å². The van der Waals surface area contributed by atoms with Crippen molar-refractivity contribution in [2.24, 2.45) is 10.7 Å². The number of halogens is 2. The van der Waals surface area contributed by atoms with Gasteiger partial charge in [0, 0.05) is 38.6 Å². The number of fused-ring (bicyclic) bond motifs is 1. The van der Waals surface area contributed by atoms with Gasteiger partial charge in [0.1, 0.15) is 5.82 Å². The lowest BCUT2D eigenvalue weighted by Crippen LogP contribution is -2.29. The van der Waals surface area contributed by atoms with E-state index in [0.717, 1.165) is 21.1 Å². The van der Waals surface area contributed by atoms with Crippen molar-refractivity contribution >= 4 is 55.4 Å². The molecule has 4 rings (SSSR count). The van der Waals surface area contributed by atoms with Crippen molar-refractivity contribution in [3.63, 3.8) is 0 Å². The summed E-state index contributed by atoms with van der Waals surface area (Å²) in [4.78, 5) is 20.4. The maximum absolute atomic E-state index is 14.6. The highest BCUT2D eigenvalue weighted by molar-refractivity contribution is 9.10. The number of rotatable bonds is 3. The third kappa shape index (κ3) is 3.54. The van der Waals surface area contributed by atoms with Crippen molar-refractivity contribution in [1.82, 2.24) is 4.98 Å². The predicted molar refractivity (Wildman–Crippen MR) is 116 cm³/mol. The minimum Gasteiger partial charge on any atom is -0.379 e. The van der Waals surface area contributed by atoms with Crippen molar-refractivity contribution in [3.05, 3.63) is 64.0 Å². The summed E-state index contributed by atoms with van der Waals surface area (Å²) in [6, 6.07) is 10.2. The standard InChI is InChI=1S/C20H18BrFN4OS/c1-20(6-7-28-19(23)26-20)15-9-12(3-4-16(15)22)25-18(27)14-10-24-17-5-2-11(21)8-13(14)17/h2-5,8-10,24H,6-7H2,1H3,(H2,23,26)(H,25,27). The molecule has 0 radical (unpaired) electrons. The summed E-state index contributed by atoms with van der Waals surface area (Å²) in [5, 5.41) is 4.12. The predicted octanol–water partition coefficient (Wildman–Crippen LogP) is 4.99. The molecule has 4 N–H and O–H groups in total. The summed E-state index contributed by atoms with van der Waals surface area (Å²) in [5.41, 5.74) is 7.44. The zero-order valence-electron chi connectivity index (χ0n) is 15.1. The van der Waals surface area contributed by atoms with Gasteiger partial charge >= 0.3 is 0 Å². The highest BCUT2D eigenvalue weighted by Crippen LogP contribution is 2.37. The molecule has 0 bridgehead atoms. The van der Waals surface area contributed by atoms with Crippen LogP contribution in [0.5, 0.6) is 0 Å². The molecule has 0 aliphatic carbocycles. The lowest BCUT2D eigenvalue weighted by Gasteiger charge is -2.30. The fourth-order valence-electron chi connectivity index (χ4n) is 3.38. The van der Waals surface area contributed by atoms with Crippen LogP contribution in [0, 0.1) is 5.82 Å². The van der Waals surface area contributed by atoms with Gasteiger partial charge in [-0.1, -0.05) is 27.7 Å². The fourth-order valence-corrected chi connectivity index (χ4v) is 4.71. The number of aliphatic imine (C=N–C) groups is 1. The molecule has 3 aromatic rings. The summed E-state index contributed by atoms with van der Waals surface area (Å²) in [6.07, 6.45) is 2.34. The van der Waals surface area contributed by atoms with E-state index in [1.807, 2.05) is 25.1 Å². The number of hydrogen-bond acceptors (Lipinski definition) is 4. The van der Waals surface area contributed by atoms with Gasteiger partial charge in [-0.3, -0.25) is 9.79 Å². The number of hydrogen-bond donors (Lipinski definition) is 3. The Morgan fingerprint density at radius 1 is 1.36 bits per heavy atom. The zero-order chi connectivity index (χ0) is 19.9. The van der Waals surface area contributed by atoms with Gasteiger partial charge in [0.2, 0.25) is 0 Å². The number of thioether (sulfide) groups is 1. The van der Waals surface area contributed by atoms with E-state index in [0.29, 0.717) is 28.4 Å². The molecule has 0 fully saturated rings. The van der Waals surface area contributed by atoms with Crippen molar-refractivity contribution < 1.29 is 9.18 Å². The van der Waals surface area contributed by atoms with E-state index in [-0.39, 0.29) is 11.7 Å². The molecule has 1 aliphatic rings. The van der Waals surface area contributed by atoms with E-state index >= 15 is 0 Å². The first-order valence-corrected chi connectivity index (χ1v) is 10.5. The maximum atomic E-state index is 14.6. The van der Waals surface area contributed by atoms with E-state index in [4.69, 9.17) is 5.73 Å². The molecule has 0 saturated heterocycles. The van der Waals surface area contributed by atoms with E-state index < -0.39 is 5.54 Å². The van der Waals surface area contributed by atoms with Crippen molar-refractivity contribution in [1.29, 1.82) is 0 Å². The number of amidine groups is 1. The van der Waals surface area contributed by atoms with Crippen LogP contribution in [-0.4, -0.2) is 21.8 Å². The third-order valence-corrected chi connectivity index (χ3v) is 6.18. The van der Waals surface area contributed by atoms with E-state index in [2.05, 4.69) is 31.2 Å². The average Bonchev–Trinajstić information content (AvgIpc) is 3.06. The van der Waals surface area contributed by atoms with Gasteiger partial charge in [-0.05, 0) is 49.7 Å². The quantitative estimate of drug-likeness (QED) is 0.514. The van der Waals surface area contributed by atoms with E-state index in [1.54, 1.807) is 18.3 Å². The molecule has 2 aromatic carbocycles. The number of amides is 1. The number of H-pyrrole nitrogens is 1. The summed E-state index contributed by atoms with van der Waals surface area (Å²) < 4.78 is 15.4. The highest BCUT2D eigenvalue weighted by atomic mass is 79.9. The Hall–Kier alpha value is -2.32. The molecule has 144 valence electrons. The second-order valence-electron chi connectivity index (χ2n) is 6.86. The minimum atomic E-state index is -0.744. The van der Waals surface area contributed by atoms with Crippen LogP contribution in [-0.2, 0) is 5.54 Å². The SMILES string of the molecule is CC1(c2cc(NC(=O)c3c[nH]c4ccc(Br)cc34)ccc2F)CCSC(N)=N1. The first-order chi connectivity index (χ1) is 13.4. The number of nitrogens with one attached hydrogen (secondary N) is 2. The summed E-state index contributed by atoms with van der Waals surface area (Å²) in [5.74, 6) is 0.140. The number of anilines is 1. The first kappa shape index (κ1) is 19.0. The molecule has 1 amide bonds. The van der Waals surface area contributed by atoms with Gasteiger partial charge in [-0.2, -0.15) is 0 Å². The van der Waals surface area contributed by atoms with Gasteiger partial charge in [0.25, 0.3) is 5.91 Å². The van der Waals surface area contributed by atoms with Gasteiger partial charge in [-0.25, -0.2) is 4.39 Å². The Morgan fingerprint density at radius 2 is 2.18 bits per heavy atom. The molecular formula is C20H18BrFN4OS. The van der Waals surface area contributed by atoms with Crippen LogP contribution < -0.4 is 11.1 Å². The molecule has 1 aliphatic heterocycles. The third-order valence-electron chi connectivity index (χ3n) is 4.89. The normalized spacial score (nSPS) is 19.5. The van der Waals surface area contributed by atoms with Crippen LogP contribution in [0.3, 0.4) is 0 Å². The van der Waals surface area contributed by atoms with E-state index in [9.17, 15) is 9.18 Å². The van der Waals surface area contributed by atoms with Crippen LogP contribution >= 0.6 is 27.7 Å². The Balaban J connectivity index is 1.66. The van der Waals surface area contributed by atoms with E-state index in [1.165, 1.54) is 17.8 Å². The average molecular weight is 461 g/mol. The largest absolute Gasteiger partial charge is 0.379 e. The molecule has 1 atom stereocenters. The van der Waals surface area contributed by atoms with Gasteiger partial charge in [0.15, 0.2) is 5.17 Å². The Morgan fingerprint density at radius 3 is 2.96 bits per heavy atom. The van der Waals surface area contributed by atoms with Crippen molar-refractivity contribution in [3.8, 4) is 0 Å². The smallest absolute Gasteiger partial charge is 0.257 e. The van der Waals surface area contributed by atoms with Crippen LogP contribution in [0.25, 0.3) is 10.9 Å². The van der Waals surface area contributed by atoms with Crippen LogP contribution in [0.1, 0.15) is 29.3 Å². The number of aromatic nitrogens is 1. The van der Waals surface area contributed by atoms with Crippen molar-refractivity contribution in [2.45, 2.75) is 18.9 Å². The molecule has 0 spiro atoms. The number of carbonyl (C=O) groups excluding carboxylic acids is 1. The van der Waals surface area contributed by atoms with Gasteiger partial charge in [-0.15, -0.1) is 0 Å². The molecule has 8 heteroatoms. The van der Waals surface area contributed by atoms with Gasteiger partial charge in [0.05, 0.1) is 11.1 Å². The number of nitrogens with two attached hydrogens (primary N) is 1. The second-order valence-corrected chi connectivity index (χ2v) is 8.89. The number of nitrogens with zero attached hydrogens (tertiary/aromatic N) is 1. The van der Waals surface area contributed by atoms with Crippen molar-refractivity contribution in [2.75, 3.05) is 11.1 Å². The zero-order valence-corrected chi connectivity index (χ0v) is 17.5. The monoisotopic (exact) mass is 460 g/mol. The molecule has 1 aromatic heterocycles. The summed E-state index contributed by atoms with van der Waals surface area (Å²) >= 11 is 4.89. The highest BCUT2D eigenvalue weighted by Gasteiger charge is 2.32. The molecule has 5 nitrogen and oxygen atoms in total. The molecular weight excluding hydrogens is 443 g/mol. The number of benzene rings is 2. The first-order valence-electron chi connectivity index (χ1n) is 8.72. The number of carbonyl (C=O) groups is 1. The Bertz CT molecular complexity index is 1110. The molecule has 0 saturated carbocycles. The molecule has 1 unspecified atom stereocenters. The Labute approximate surface area is 174 Å². The van der Waals surface area contributed by atoms with Crippen LogP contribution in [0.2, 0.25) is 0 Å². The number of aromatic amines is 1. The molecule has 28 heavy (non-hydrogen) atoms. The molecule has 2 heterocycles. The van der Waals surface area contributed by atoms with Gasteiger partial charge < -0.3 is 16.0 Å². The second kappa shape index (κ2) is 7.25. The van der Waals surface area contributed by atoms with Crippen LogP contribution in [0.15, 0.2) is 52.1 Å². The maximum Gasteiger partial charge on any atom is 0.257 e. The summed E-state index contributed by atoms with van der Waals surface area (Å²) in [6.45, 7) is 1.86.